The van der Waals surface area contributed by atoms with Crippen LogP contribution in [0.25, 0.3) is 11.0 Å². The van der Waals surface area contributed by atoms with E-state index in [4.69, 9.17) is 26.1 Å². The number of imidazole rings is 1. The van der Waals surface area contributed by atoms with E-state index in [1.54, 1.807) is 24.3 Å². The summed E-state index contributed by atoms with van der Waals surface area (Å²) in [5.74, 6) is 2.06. The van der Waals surface area contributed by atoms with Crippen LogP contribution in [-0.2, 0) is 17.9 Å². The SMILES string of the molecule is Cc1ccc(OCCCn2c(CNC(=O)COc3ccc(Cl)cc3)nc3ccccc32)cc1C. The van der Waals surface area contributed by atoms with Crippen LogP contribution in [-0.4, -0.2) is 28.7 Å². The Labute approximate surface area is 204 Å². The molecule has 176 valence electrons. The van der Waals surface area contributed by atoms with Crippen molar-refractivity contribution in [2.75, 3.05) is 13.2 Å². The van der Waals surface area contributed by atoms with Crippen LogP contribution >= 0.6 is 11.6 Å². The van der Waals surface area contributed by atoms with Gasteiger partial charge in [-0.05, 0) is 79.9 Å². The topological polar surface area (TPSA) is 65.4 Å². The van der Waals surface area contributed by atoms with E-state index in [1.807, 2.05) is 30.3 Å². The van der Waals surface area contributed by atoms with Gasteiger partial charge in [-0.2, -0.15) is 0 Å². The second-order valence-corrected chi connectivity index (χ2v) is 8.57. The number of carbonyl (C=O) groups is 1. The molecule has 0 aliphatic rings. The van der Waals surface area contributed by atoms with Gasteiger partial charge in [0.2, 0.25) is 0 Å². The summed E-state index contributed by atoms with van der Waals surface area (Å²) in [4.78, 5) is 17.1. The zero-order valence-electron chi connectivity index (χ0n) is 19.4. The number of carbonyl (C=O) groups excluding carboxylic acids is 1. The van der Waals surface area contributed by atoms with Gasteiger partial charge in [0, 0.05) is 11.6 Å². The van der Waals surface area contributed by atoms with E-state index in [0.29, 0.717) is 23.9 Å². The van der Waals surface area contributed by atoms with Gasteiger partial charge >= 0.3 is 0 Å². The van der Waals surface area contributed by atoms with Crippen molar-refractivity contribution in [3.8, 4) is 11.5 Å². The molecule has 0 unspecified atom stereocenters. The number of hydrogen-bond donors (Lipinski definition) is 1. The highest BCUT2D eigenvalue weighted by molar-refractivity contribution is 6.30. The van der Waals surface area contributed by atoms with Crippen molar-refractivity contribution in [2.24, 2.45) is 0 Å². The van der Waals surface area contributed by atoms with Crippen LogP contribution in [0.2, 0.25) is 5.02 Å². The lowest BCUT2D eigenvalue weighted by Gasteiger charge is -2.12. The first kappa shape index (κ1) is 23.6. The monoisotopic (exact) mass is 477 g/mol. The van der Waals surface area contributed by atoms with E-state index in [-0.39, 0.29) is 12.5 Å². The van der Waals surface area contributed by atoms with E-state index in [9.17, 15) is 4.79 Å². The lowest BCUT2D eigenvalue weighted by atomic mass is 10.1. The first-order valence-corrected chi connectivity index (χ1v) is 11.7. The fourth-order valence-corrected chi connectivity index (χ4v) is 3.76. The third-order valence-corrected chi connectivity index (χ3v) is 5.89. The molecule has 4 aromatic rings. The maximum absolute atomic E-state index is 12.3. The number of benzene rings is 3. The minimum atomic E-state index is -0.216. The molecule has 0 atom stereocenters. The van der Waals surface area contributed by atoms with Crippen molar-refractivity contribution in [3.63, 3.8) is 0 Å². The molecule has 6 nitrogen and oxygen atoms in total. The van der Waals surface area contributed by atoms with E-state index >= 15 is 0 Å². The molecular formula is C27H28ClN3O3. The van der Waals surface area contributed by atoms with Crippen LogP contribution in [0.3, 0.4) is 0 Å². The lowest BCUT2D eigenvalue weighted by molar-refractivity contribution is -0.123. The van der Waals surface area contributed by atoms with E-state index in [2.05, 4.69) is 35.9 Å². The Balaban J connectivity index is 1.34. The Hall–Kier alpha value is -3.51. The number of nitrogens with one attached hydrogen (secondary N) is 1. The molecule has 7 heteroatoms. The predicted octanol–water partition coefficient (Wildman–Crippen LogP) is 5.47. The van der Waals surface area contributed by atoms with Crippen molar-refractivity contribution in [3.05, 3.63) is 88.7 Å². The van der Waals surface area contributed by atoms with E-state index in [1.165, 1.54) is 11.1 Å². The molecule has 1 N–H and O–H groups in total. The molecule has 1 heterocycles. The van der Waals surface area contributed by atoms with Crippen molar-refractivity contribution >= 4 is 28.5 Å². The molecule has 0 radical (unpaired) electrons. The van der Waals surface area contributed by atoms with Gasteiger partial charge in [-0.1, -0.05) is 29.8 Å². The first-order valence-electron chi connectivity index (χ1n) is 11.3. The molecule has 1 amide bonds. The number of amides is 1. The number of ether oxygens (including phenoxy) is 2. The standard InChI is InChI=1S/C27H28ClN3O3/c1-19-8-11-23(16-20(19)2)33-15-5-14-31-25-7-4-3-6-24(25)30-26(31)17-29-27(32)18-34-22-12-9-21(28)10-13-22/h3-4,6-13,16H,5,14-15,17-18H2,1-2H3,(H,29,32). The molecule has 34 heavy (non-hydrogen) atoms. The van der Waals surface area contributed by atoms with Gasteiger partial charge in [0.1, 0.15) is 17.3 Å². The molecule has 3 aromatic carbocycles. The van der Waals surface area contributed by atoms with Gasteiger partial charge in [-0.15, -0.1) is 0 Å². The van der Waals surface area contributed by atoms with Gasteiger partial charge in [0.05, 0.1) is 24.2 Å². The molecular weight excluding hydrogens is 450 g/mol. The van der Waals surface area contributed by atoms with Crippen LogP contribution in [0.4, 0.5) is 0 Å². The molecule has 0 saturated heterocycles. The quantitative estimate of drug-likeness (QED) is 0.307. The number of fused-ring (bicyclic) bond motifs is 1. The predicted molar refractivity (Wildman–Crippen MR) is 135 cm³/mol. The molecule has 0 bridgehead atoms. The molecule has 4 rings (SSSR count). The number of halogens is 1. The van der Waals surface area contributed by atoms with E-state index < -0.39 is 0 Å². The first-order chi connectivity index (χ1) is 16.5. The number of para-hydroxylation sites is 2. The molecule has 0 spiro atoms. The third-order valence-electron chi connectivity index (χ3n) is 5.63. The highest BCUT2D eigenvalue weighted by Crippen LogP contribution is 2.19. The second-order valence-electron chi connectivity index (χ2n) is 8.14. The normalized spacial score (nSPS) is 10.9. The second kappa shape index (κ2) is 11.1. The molecule has 0 aliphatic heterocycles. The summed E-state index contributed by atoms with van der Waals surface area (Å²) >= 11 is 5.88. The summed E-state index contributed by atoms with van der Waals surface area (Å²) < 4.78 is 13.6. The maximum atomic E-state index is 12.3. The summed E-state index contributed by atoms with van der Waals surface area (Å²) in [6.45, 7) is 5.74. The fraction of sp³-hybridized carbons (Fsp3) is 0.259. The number of aromatic nitrogens is 2. The zero-order chi connectivity index (χ0) is 23.9. The fourth-order valence-electron chi connectivity index (χ4n) is 3.63. The van der Waals surface area contributed by atoms with Gasteiger partial charge in [0.15, 0.2) is 6.61 Å². The van der Waals surface area contributed by atoms with Gasteiger partial charge < -0.3 is 19.4 Å². The highest BCUT2D eigenvalue weighted by Gasteiger charge is 2.12. The van der Waals surface area contributed by atoms with E-state index in [0.717, 1.165) is 35.6 Å². The van der Waals surface area contributed by atoms with Crippen LogP contribution < -0.4 is 14.8 Å². The summed E-state index contributed by atoms with van der Waals surface area (Å²) in [5, 5.41) is 3.53. The smallest absolute Gasteiger partial charge is 0.258 e. The summed E-state index contributed by atoms with van der Waals surface area (Å²) in [6.07, 6.45) is 0.813. The number of nitrogens with zero attached hydrogens (tertiary/aromatic N) is 2. The van der Waals surface area contributed by atoms with Gasteiger partial charge in [0.25, 0.3) is 5.91 Å². The number of rotatable bonds is 10. The van der Waals surface area contributed by atoms with Crippen molar-refractivity contribution in [1.29, 1.82) is 0 Å². The lowest BCUT2D eigenvalue weighted by Crippen LogP contribution is -2.29. The minimum absolute atomic E-state index is 0.0777. The zero-order valence-corrected chi connectivity index (χ0v) is 20.1. The van der Waals surface area contributed by atoms with Crippen LogP contribution in [0.15, 0.2) is 66.7 Å². The molecule has 1 aromatic heterocycles. The summed E-state index contributed by atoms with van der Waals surface area (Å²) in [6, 6.07) is 21.0. The summed E-state index contributed by atoms with van der Waals surface area (Å²) in [5.41, 5.74) is 4.41. The van der Waals surface area contributed by atoms with Gasteiger partial charge in [-0.25, -0.2) is 4.98 Å². The number of hydrogen-bond acceptors (Lipinski definition) is 4. The average Bonchev–Trinajstić information content (AvgIpc) is 3.19. The maximum Gasteiger partial charge on any atom is 0.258 e. The largest absolute Gasteiger partial charge is 0.494 e. The minimum Gasteiger partial charge on any atom is -0.494 e. The Kier molecular flexibility index (Phi) is 7.70. The highest BCUT2D eigenvalue weighted by atomic mass is 35.5. The average molecular weight is 478 g/mol. The summed E-state index contributed by atoms with van der Waals surface area (Å²) in [7, 11) is 0. The van der Waals surface area contributed by atoms with Crippen LogP contribution in [0, 0.1) is 13.8 Å². The van der Waals surface area contributed by atoms with Crippen molar-refractivity contribution in [2.45, 2.75) is 33.4 Å². The molecule has 0 aliphatic carbocycles. The Morgan fingerprint density at radius 1 is 0.971 bits per heavy atom. The third kappa shape index (κ3) is 6.08. The van der Waals surface area contributed by atoms with Crippen molar-refractivity contribution < 1.29 is 14.3 Å². The van der Waals surface area contributed by atoms with Crippen LogP contribution in [0.1, 0.15) is 23.4 Å². The van der Waals surface area contributed by atoms with Gasteiger partial charge in [-0.3, -0.25) is 4.79 Å². The Morgan fingerprint density at radius 2 is 1.74 bits per heavy atom. The van der Waals surface area contributed by atoms with Crippen LogP contribution in [0.5, 0.6) is 11.5 Å². The molecule has 0 saturated carbocycles. The number of aryl methyl sites for hydroxylation is 3. The Bertz CT molecular complexity index is 1270. The molecule has 0 fully saturated rings. The van der Waals surface area contributed by atoms with Crippen molar-refractivity contribution in [1.82, 2.24) is 14.9 Å². The Morgan fingerprint density at radius 3 is 2.53 bits per heavy atom.